The molecule has 0 saturated heterocycles. The van der Waals surface area contributed by atoms with Gasteiger partial charge < -0.3 is 0 Å². The molecule has 2 heterocycles. The fourth-order valence-electron chi connectivity index (χ4n) is 0.814. The van der Waals surface area contributed by atoms with Crippen molar-refractivity contribution in [3.63, 3.8) is 0 Å². The largest absolute Gasteiger partial charge is 0.240 e. The third kappa shape index (κ3) is 1.57. The van der Waals surface area contributed by atoms with Crippen molar-refractivity contribution in [2.24, 2.45) is 0 Å². The monoisotopic (exact) mass is 182 g/mol. The third-order valence-electron chi connectivity index (χ3n) is 1.31. The van der Waals surface area contributed by atoms with Gasteiger partial charge in [-0.3, -0.25) is 0 Å². The molecule has 2 rings (SSSR count). The lowest BCUT2D eigenvalue weighted by Crippen LogP contribution is -1.93. The molecule has 1 unspecified atom stereocenters. The highest BCUT2D eigenvalue weighted by Gasteiger charge is 2.14. The van der Waals surface area contributed by atoms with Crippen molar-refractivity contribution in [1.82, 2.24) is 9.97 Å². The fraction of sp³-hybridized carbons (Fsp3) is 0.143. The Labute approximate surface area is 72.9 Å². The first-order valence-electron chi connectivity index (χ1n) is 3.22. The summed E-state index contributed by atoms with van der Waals surface area (Å²) in [5, 5.41) is 2.42. The summed E-state index contributed by atoms with van der Waals surface area (Å²) in [4.78, 5) is 8.33. The van der Waals surface area contributed by atoms with Gasteiger partial charge in [-0.2, -0.15) is 0 Å². The molecule has 0 fully saturated rings. The summed E-state index contributed by atoms with van der Waals surface area (Å²) in [5.74, 6) is 0.902. The zero-order chi connectivity index (χ0) is 7.52. The van der Waals surface area contributed by atoms with Crippen LogP contribution in [0.5, 0.6) is 0 Å². The normalized spacial score (nSPS) is 22.4. The van der Waals surface area contributed by atoms with Crippen LogP contribution in [0.25, 0.3) is 0 Å². The maximum Gasteiger partial charge on any atom is 0.145 e. The first kappa shape index (κ1) is 7.18. The molecule has 0 amide bonds. The number of rotatable bonds is 1. The molecule has 11 heavy (non-hydrogen) atoms. The molecule has 0 N–H and O–H groups in total. The Balaban J connectivity index is 2.23. The van der Waals surface area contributed by atoms with Crippen LogP contribution in [0.4, 0.5) is 0 Å². The van der Waals surface area contributed by atoms with Crippen LogP contribution < -0.4 is 0 Å². The van der Waals surface area contributed by atoms with Gasteiger partial charge in [0.25, 0.3) is 0 Å². The molecule has 0 aliphatic carbocycles. The summed E-state index contributed by atoms with van der Waals surface area (Å²) in [6.45, 7) is 0. The minimum absolute atomic E-state index is 0.348. The second-order valence-corrected chi connectivity index (χ2v) is 4.37. The van der Waals surface area contributed by atoms with Crippen LogP contribution in [0, 0.1) is 0 Å². The van der Waals surface area contributed by atoms with Gasteiger partial charge in [0.1, 0.15) is 5.82 Å². The van der Waals surface area contributed by atoms with Crippen LogP contribution >= 0.6 is 21.6 Å². The molecule has 1 aliphatic rings. The van der Waals surface area contributed by atoms with Gasteiger partial charge in [0.05, 0.1) is 5.25 Å². The van der Waals surface area contributed by atoms with E-state index in [1.807, 2.05) is 6.07 Å². The summed E-state index contributed by atoms with van der Waals surface area (Å²) in [6, 6.07) is 1.83. The zero-order valence-corrected chi connectivity index (χ0v) is 7.31. The van der Waals surface area contributed by atoms with Gasteiger partial charge in [-0.15, -0.1) is 0 Å². The molecule has 1 atom stereocenters. The maximum absolute atomic E-state index is 4.16. The van der Waals surface area contributed by atoms with Crippen molar-refractivity contribution in [3.05, 3.63) is 35.8 Å². The lowest BCUT2D eigenvalue weighted by atomic mass is 10.4. The van der Waals surface area contributed by atoms with Crippen molar-refractivity contribution in [1.29, 1.82) is 0 Å². The van der Waals surface area contributed by atoms with E-state index in [9.17, 15) is 0 Å². The van der Waals surface area contributed by atoms with Gasteiger partial charge in [-0.05, 0) is 11.5 Å². The van der Waals surface area contributed by atoms with Crippen molar-refractivity contribution in [2.75, 3.05) is 0 Å². The molecule has 0 radical (unpaired) electrons. The summed E-state index contributed by atoms with van der Waals surface area (Å²) in [6.07, 6.45) is 5.67. The van der Waals surface area contributed by atoms with E-state index in [0.717, 1.165) is 5.82 Å². The maximum atomic E-state index is 4.16. The van der Waals surface area contributed by atoms with Crippen molar-refractivity contribution in [3.8, 4) is 0 Å². The average Bonchev–Trinajstić information content (AvgIpc) is 2.58. The SMILES string of the molecule is C1=CC(c2ncccn2)SS1. The van der Waals surface area contributed by atoms with Crippen LogP contribution in [0.15, 0.2) is 29.9 Å². The minimum atomic E-state index is 0.348. The van der Waals surface area contributed by atoms with E-state index in [4.69, 9.17) is 0 Å². The standard InChI is InChI=1S/C7H6N2S2/c1-3-8-7(9-4-1)6-2-5-10-11-6/h1-6H. The van der Waals surface area contributed by atoms with Gasteiger partial charge in [-0.25, -0.2) is 9.97 Å². The van der Waals surface area contributed by atoms with Crippen LogP contribution in [0.2, 0.25) is 0 Å². The predicted molar refractivity (Wildman–Crippen MR) is 49.1 cm³/mol. The molecule has 2 nitrogen and oxygen atoms in total. The molecule has 56 valence electrons. The summed E-state index contributed by atoms with van der Waals surface area (Å²) in [5.41, 5.74) is 0. The summed E-state index contributed by atoms with van der Waals surface area (Å²) >= 11 is 0. The molecule has 0 saturated carbocycles. The Bertz CT molecular complexity index is 260. The van der Waals surface area contributed by atoms with Gasteiger partial charge >= 0.3 is 0 Å². The molecule has 1 aliphatic heterocycles. The Morgan fingerprint density at radius 1 is 1.27 bits per heavy atom. The molecule has 4 heteroatoms. The van der Waals surface area contributed by atoms with Gasteiger partial charge in [-0.1, -0.05) is 27.7 Å². The van der Waals surface area contributed by atoms with Crippen LogP contribution in [-0.2, 0) is 0 Å². The van der Waals surface area contributed by atoms with E-state index in [2.05, 4.69) is 21.5 Å². The molecular formula is C7H6N2S2. The topological polar surface area (TPSA) is 25.8 Å². The van der Waals surface area contributed by atoms with E-state index in [1.165, 1.54) is 0 Å². The minimum Gasteiger partial charge on any atom is -0.240 e. The Kier molecular flexibility index (Phi) is 2.14. The second kappa shape index (κ2) is 3.28. The van der Waals surface area contributed by atoms with Crippen molar-refractivity contribution >= 4 is 21.6 Å². The smallest absolute Gasteiger partial charge is 0.145 e. The van der Waals surface area contributed by atoms with Crippen LogP contribution in [0.3, 0.4) is 0 Å². The molecule has 0 aromatic carbocycles. The Morgan fingerprint density at radius 2 is 2.09 bits per heavy atom. The highest BCUT2D eigenvalue weighted by Crippen LogP contribution is 2.44. The summed E-state index contributed by atoms with van der Waals surface area (Å²) < 4.78 is 0. The fourth-order valence-corrected chi connectivity index (χ4v) is 2.86. The van der Waals surface area contributed by atoms with E-state index >= 15 is 0 Å². The second-order valence-electron chi connectivity index (χ2n) is 2.05. The van der Waals surface area contributed by atoms with Crippen molar-refractivity contribution in [2.45, 2.75) is 5.25 Å². The molecule has 0 bridgehead atoms. The molecule has 1 aromatic rings. The van der Waals surface area contributed by atoms with Crippen LogP contribution in [0.1, 0.15) is 11.1 Å². The van der Waals surface area contributed by atoms with E-state index in [0.29, 0.717) is 5.25 Å². The lowest BCUT2D eigenvalue weighted by molar-refractivity contribution is 0.979. The van der Waals surface area contributed by atoms with E-state index in [-0.39, 0.29) is 0 Å². The van der Waals surface area contributed by atoms with E-state index in [1.54, 1.807) is 34.0 Å². The van der Waals surface area contributed by atoms with E-state index < -0.39 is 0 Å². The molecular weight excluding hydrogens is 176 g/mol. The Hall–Kier alpha value is -0.480. The quantitative estimate of drug-likeness (QED) is 0.623. The first-order chi connectivity index (χ1) is 5.47. The first-order valence-corrected chi connectivity index (χ1v) is 5.50. The van der Waals surface area contributed by atoms with Gasteiger partial charge in [0, 0.05) is 12.4 Å². The highest BCUT2D eigenvalue weighted by molar-refractivity contribution is 8.78. The zero-order valence-electron chi connectivity index (χ0n) is 5.68. The number of nitrogens with zero attached hydrogens (tertiary/aromatic N) is 2. The average molecular weight is 182 g/mol. The third-order valence-corrected chi connectivity index (χ3v) is 3.55. The lowest BCUT2D eigenvalue weighted by Gasteiger charge is -2.01. The number of hydrogen-bond donors (Lipinski definition) is 0. The highest BCUT2D eigenvalue weighted by atomic mass is 33.1. The summed E-state index contributed by atoms with van der Waals surface area (Å²) in [7, 11) is 3.51. The van der Waals surface area contributed by atoms with Gasteiger partial charge in [0.2, 0.25) is 0 Å². The van der Waals surface area contributed by atoms with Crippen molar-refractivity contribution < 1.29 is 0 Å². The Morgan fingerprint density at radius 3 is 2.73 bits per heavy atom. The van der Waals surface area contributed by atoms with Crippen LogP contribution in [-0.4, -0.2) is 9.97 Å². The number of aromatic nitrogens is 2. The molecule has 1 aromatic heterocycles. The predicted octanol–water partition coefficient (Wildman–Crippen LogP) is 2.43. The van der Waals surface area contributed by atoms with Gasteiger partial charge in [0.15, 0.2) is 0 Å². The number of hydrogen-bond acceptors (Lipinski definition) is 4. The molecule has 0 spiro atoms.